The van der Waals surface area contributed by atoms with E-state index in [0.717, 1.165) is 0 Å². The van der Waals surface area contributed by atoms with Gasteiger partial charge in [-0.3, -0.25) is 0 Å². The Labute approximate surface area is 106 Å². The average molecular weight is 247 g/mol. The number of rotatable bonds is 1. The summed E-state index contributed by atoms with van der Waals surface area (Å²) in [5, 5.41) is 0. The van der Waals surface area contributed by atoms with Crippen molar-refractivity contribution in [1.29, 1.82) is 0 Å². The maximum Gasteiger partial charge on any atom is 0 e. The molecule has 0 rings (SSSR count). The van der Waals surface area contributed by atoms with E-state index < -0.39 is 0 Å². The van der Waals surface area contributed by atoms with Crippen molar-refractivity contribution in [1.82, 2.24) is 0 Å². The molecule has 0 bridgehead atoms. The predicted octanol–water partition coefficient (Wildman–Crippen LogP) is 4.37. The molecule has 0 saturated carbocycles. The van der Waals surface area contributed by atoms with Crippen molar-refractivity contribution >= 4 is 0 Å². The van der Waals surface area contributed by atoms with Gasteiger partial charge in [0, 0.05) is 32.7 Å². The molecule has 0 amide bonds. The molecule has 0 aliphatic rings. The van der Waals surface area contributed by atoms with Crippen LogP contribution in [0.15, 0.2) is 0 Å². The molecule has 1 radical (unpaired) electrons. The van der Waals surface area contributed by atoms with E-state index in [0.29, 0.717) is 10.8 Å². The van der Waals surface area contributed by atoms with E-state index in [2.05, 4.69) is 41.5 Å². The van der Waals surface area contributed by atoms with Gasteiger partial charge in [-0.05, 0) is 10.8 Å². The Morgan fingerprint density at radius 3 is 1.08 bits per heavy atom. The summed E-state index contributed by atoms with van der Waals surface area (Å²) in [5.74, 6) is 0. The Bertz CT molecular complexity index is 87.7. The first-order valence-corrected chi connectivity index (χ1v) is 3.81. The second-order valence-electron chi connectivity index (χ2n) is 4.49. The molecule has 75 valence electrons. The molecule has 0 aromatic rings. The van der Waals surface area contributed by atoms with Gasteiger partial charge in [0.2, 0.25) is 0 Å². The standard InChI is InChI=1S/C9H20.2CH3.Y/c1-7-9(5,6)8(2,3)4;;;/h7H2,1-6H3;2*1H3;/q;2*-1;. The van der Waals surface area contributed by atoms with Crippen LogP contribution in [0.5, 0.6) is 0 Å². The van der Waals surface area contributed by atoms with Crippen LogP contribution in [0.2, 0.25) is 0 Å². The molecule has 12 heavy (non-hydrogen) atoms. The van der Waals surface area contributed by atoms with E-state index >= 15 is 0 Å². The van der Waals surface area contributed by atoms with Crippen molar-refractivity contribution in [3.8, 4) is 0 Å². The molecule has 0 atom stereocenters. The molecule has 0 aliphatic heterocycles. The average Bonchev–Trinajstić information content (AvgIpc) is 1.64. The second-order valence-corrected chi connectivity index (χ2v) is 4.49. The van der Waals surface area contributed by atoms with E-state index in [1.165, 1.54) is 6.42 Å². The number of hydrogen-bond donors (Lipinski definition) is 0. The molecule has 0 aromatic carbocycles. The Morgan fingerprint density at radius 2 is 1.08 bits per heavy atom. The van der Waals surface area contributed by atoms with Gasteiger partial charge in [0.25, 0.3) is 0 Å². The zero-order chi connectivity index (χ0) is 7.71. The molecule has 0 aliphatic carbocycles. The molecule has 0 N–H and O–H groups in total. The summed E-state index contributed by atoms with van der Waals surface area (Å²) in [6, 6.07) is 0. The molecule has 1 heteroatoms. The number of hydrogen-bond acceptors (Lipinski definition) is 0. The van der Waals surface area contributed by atoms with Crippen LogP contribution in [0.1, 0.15) is 48.0 Å². The zero-order valence-electron chi connectivity index (χ0n) is 10.3. The fraction of sp³-hybridized carbons (Fsp3) is 0.818. The normalized spacial score (nSPS) is 10.5. The molecule has 0 unspecified atom stereocenters. The van der Waals surface area contributed by atoms with Gasteiger partial charge in [-0.1, -0.05) is 48.0 Å². The minimum Gasteiger partial charge on any atom is -0.358 e. The van der Waals surface area contributed by atoms with Crippen LogP contribution in [-0.2, 0) is 32.7 Å². The van der Waals surface area contributed by atoms with E-state index in [1.54, 1.807) is 0 Å². The third kappa shape index (κ3) is 6.60. The first kappa shape index (κ1) is 23.2. The Kier molecular flexibility index (Phi) is 14.5. The van der Waals surface area contributed by atoms with Crippen molar-refractivity contribution in [2.24, 2.45) is 10.8 Å². The van der Waals surface area contributed by atoms with Crippen LogP contribution in [0.25, 0.3) is 0 Å². The van der Waals surface area contributed by atoms with Gasteiger partial charge in [-0.15, -0.1) is 0 Å². The maximum absolute atomic E-state index is 2.33. The topological polar surface area (TPSA) is 0 Å². The SMILES string of the molecule is CCC(C)(C)C(C)(C)C.[CH3-].[CH3-].[Y]. The third-order valence-corrected chi connectivity index (χ3v) is 2.91. The van der Waals surface area contributed by atoms with Crippen LogP contribution in [-0.4, -0.2) is 0 Å². The molecule has 0 nitrogen and oxygen atoms in total. The molecule has 0 heterocycles. The van der Waals surface area contributed by atoms with E-state index in [9.17, 15) is 0 Å². The minimum atomic E-state index is 0. The van der Waals surface area contributed by atoms with Crippen molar-refractivity contribution in [2.45, 2.75) is 48.0 Å². The first-order valence-electron chi connectivity index (χ1n) is 3.81. The van der Waals surface area contributed by atoms with Crippen molar-refractivity contribution in [3.63, 3.8) is 0 Å². The van der Waals surface area contributed by atoms with Crippen LogP contribution in [0.4, 0.5) is 0 Å². The van der Waals surface area contributed by atoms with Gasteiger partial charge in [-0.25, -0.2) is 0 Å². The van der Waals surface area contributed by atoms with E-state index in [-0.39, 0.29) is 47.6 Å². The summed E-state index contributed by atoms with van der Waals surface area (Å²) < 4.78 is 0. The van der Waals surface area contributed by atoms with Crippen LogP contribution in [0.3, 0.4) is 0 Å². The predicted molar refractivity (Wildman–Crippen MR) is 56.4 cm³/mol. The molecule has 0 aromatic heterocycles. The van der Waals surface area contributed by atoms with Gasteiger partial charge in [-0.2, -0.15) is 0 Å². The Balaban J connectivity index is -0.000000107. The molecule has 0 saturated heterocycles. The van der Waals surface area contributed by atoms with E-state index in [1.807, 2.05) is 0 Å². The van der Waals surface area contributed by atoms with E-state index in [4.69, 9.17) is 0 Å². The molecular formula is C11H26Y-2. The summed E-state index contributed by atoms with van der Waals surface area (Å²) in [6.45, 7) is 13.8. The summed E-state index contributed by atoms with van der Waals surface area (Å²) in [4.78, 5) is 0. The molecule has 0 fully saturated rings. The smallest absolute Gasteiger partial charge is 0 e. The zero-order valence-corrected chi connectivity index (χ0v) is 13.1. The monoisotopic (exact) mass is 247 g/mol. The Hall–Kier alpha value is 1.10. The van der Waals surface area contributed by atoms with Crippen LogP contribution >= 0.6 is 0 Å². The summed E-state index contributed by atoms with van der Waals surface area (Å²) in [5.41, 5.74) is 0.925. The van der Waals surface area contributed by atoms with Gasteiger partial charge in [0.15, 0.2) is 0 Å². The summed E-state index contributed by atoms with van der Waals surface area (Å²) in [6.07, 6.45) is 1.26. The minimum absolute atomic E-state index is 0. The fourth-order valence-electron chi connectivity index (χ4n) is 0.530. The van der Waals surface area contributed by atoms with Crippen molar-refractivity contribution < 1.29 is 32.7 Å². The molecular weight excluding hydrogens is 221 g/mol. The maximum atomic E-state index is 2.33. The van der Waals surface area contributed by atoms with Crippen LogP contribution in [0, 0.1) is 25.7 Å². The quantitative estimate of drug-likeness (QED) is 0.604. The largest absolute Gasteiger partial charge is 0.358 e. The summed E-state index contributed by atoms with van der Waals surface area (Å²) >= 11 is 0. The van der Waals surface area contributed by atoms with Gasteiger partial charge >= 0.3 is 0 Å². The van der Waals surface area contributed by atoms with Gasteiger partial charge in [0.05, 0.1) is 0 Å². The second kappa shape index (κ2) is 7.50. The summed E-state index contributed by atoms with van der Waals surface area (Å²) in [7, 11) is 0. The van der Waals surface area contributed by atoms with Crippen molar-refractivity contribution in [2.75, 3.05) is 0 Å². The van der Waals surface area contributed by atoms with Gasteiger partial charge < -0.3 is 14.9 Å². The third-order valence-electron chi connectivity index (χ3n) is 2.91. The Morgan fingerprint density at radius 1 is 0.833 bits per heavy atom. The van der Waals surface area contributed by atoms with Crippen molar-refractivity contribution in [3.05, 3.63) is 14.9 Å². The fourth-order valence-corrected chi connectivity index (χ4v) is 0.530. The molecule has 0 spiro atoms. The van der Waals surface area contributed by atoms with Crippen LogP contribution < -0.4 is 0 Å². The first-order chi connectivity index (χ1) is 3.81. The van der Waals surface area contributed by atoms with Gasteiger partial charge in [0.1, 0.15) is 0 Å².